The molecule has 0 aliphatic rings. The van der Waals surface area contributed by atoms with Gasteiger partial charge in [-0.1, -0.05) is 12.1 Å². The van der Waals surface area contributed by atoms with E-state index in [1.807, 2.05) is 38.1 Å². The van der Waals surface area contributed by atoms with Crippen LogP contribution in [-0.2, 0) is 0 Å². The number of aryl methyl sites for hydroxylation is 1. The second kappa shape index (κ2) is 4.96. The Morgan fingerprint density at radius 3 is 2.72 bits per heavy atom. The third-order valence-electron chi connectivity index (χ3n) is 2.67. The molecule has 0 saturated heterocycles. The monoisotopic (exact) mass is 245 g/mol. The van der Waals surface area contributed by atoms with Crippen molar-refractivity contribution in [2.24, 2.45) is 0 Å². The molecule has 4 nitrogen and oxygen atoms in total. The first-order valence-corrected chi connectivity index (χ1v) is 5.72. The number of aromatic carboxylic acids is 1. The van der Waals surface area contributed by atoms with E-state index in [1.54, 1.807) is 6.07 Å². The molecule has 0 radical (unpaired) electrons. The van der Waals surface area contributed by atoms with Gasteiger partial charge in [0.25, 0.3) is 0 Å². The van der Waals surface area contributed by atoms with E-state index in [4.69, 9.17) is 9.52 Å². The molecule has 1 unspecified atom stereocenters. The van der Waals surface area contributed by atoms with E-state index in [1.165, 1.54) is 6.07 Å². The molecule has 1 aromatic carbocycles. The second-order valence-electron chi connectivity index (χ2n) is 4.24. The molecule has 0 amide bonds. The van der Waals surface area contributed by atoms with Gasteiger partial charge in [-0.2, -0.15) is 0 Å². The first-order valence-electron chi connectivity index (χ1n) is 5.72. The van der Waals surface area contributed by atoms with E-state index in [2.05, 4.69) is 5.32 Å². The summed E-state index contributed by atoms with van der Waals surface area (Å²) in [6.07, 6.45) is 0. The maximum absolute atomic E-state index is 10.7. The predicted molar refractivity (Wildman–Crippen MR) is 68.9 cm³/mol. The van der Waals surface area contributed by atoms with Crippen LogP contribution in [0.2, 0.25) is 0 Å². The van der Waals surface area contributed by atoms with Crippen LogP contribution < -0.4 is 5.32 Å². The molecule has 0 fully saturated rings. The molecule has 94 valence electrons. The van der Waals surface area contributed by atoms with Gasteiger partial charge in [-0.15, -0.1) is 0 Å². The molecule has 2 rings (SSSR count). The van der Waals surface area contributed by atoms with Crippen LogP contribution in [0, 0.1) is 6.92 Å². The molecule has 0 saturated carbocycles. The van der Waals surface area contributed by atoms with Crippen molar-refractivity contribution in [3.05, 3.63) is 53.5 Å². The number of anilines is 1. The van der Waals surface area contributed by atoms with Crippen LogP contribution in [0.3, 0.4) is 0 Å². The van der Waals surface area contributed by atoms with E-state index in [9.17, 15) is 4.79 Å². The van der Waals surface area contributed by atoms with Gasteiger partial charge in [-0.3, -0.25) is 0 Å². The van der Waals surface area contributed by atoms with Crippen molar-refractivity contribution in [3.63, 3.8) is 0 Å². The maximum atomic E-state index is 10.7. The third kappa shape index (κ3) is 2.71. The summed E-state index contributed by atoms with van der Waals surface area (Å²) in [6.45, 7) is 3.94. The van der Waals surface area contributed by atoms with E-state index in [-0.39, 0.29) is 11.8 Å². The summed E-state index contributed by atoms with van der Waals surface area (Å²) in [5.41, 5.74) is 2.15. The summed E-state index contributed by atoms with van der Waals surface area (Å²) < 4.78 is 5.25. The first-order chi connectivity index (χ1) is 8.56. The Balaban J connectivity index is 2.11. The highest BCUT2D eigenvalue weighted by Crippen LogP contribution is 2.21. The van der Waals surface area contributed by atoms with Gasteiger partial charge in [-0.05, 0) is 43.7 Å². The van der Waals surface area contributed by atoms with E-state index >= 15 is 0 Å². The fourth-order valence-corrected chi connectivity index (χ4v) is 1.76. The normalized spacial score (nSPS) is 12.1. The standard InChI is InChI=1S/C14H15NO3/c1-9-4-3-5-11(8-9)15-10(2)12-6-7-13(18-12)14(16)17/h3-8,10,15H,1-2H3,(H,16,17). The van der Waals surface area contributed by atoms with Crippen LogP contribution in [0.15, 0.2) is 40.8 Å². The van der Waals surface area contributed by atoms with E-state index < -0.39 is 5.97 Å². The third-order valence-corrected chi connectivity index (χ3v) is 2.67. The summed E-state index contributed by atoms with van der Waals surface area (Å²) in [6, 6.07) is 11.0. The largest absolute Gasteiger partial charge is 0.475 e. The highest BCUT2D eigenvalue weighted by atomic mass is 16.4. The molecule has 18 heavy (non-hydrogen) atoms. The fourth-order valence-electron chi connectivity index (χ4n) is 1.76. The Morgan fingerprint density at radius 1 is 1.33 bits per heavy atom. The Hall–Kier alpha value is -2.23. The minimum atomic E-state index is -1.05. The van der Waals surface area contributed by atoms with E-state index in [0.29, 0.717) is 5.76 Å². The molecule has 0 spiro atoms. The Labute approximate surface area is 105 Å². The minimum Gasteiger partial charge on any atom is -0.475 e. The molecule has 1 aromatic heterocycles. The molecule has 1 heterocycles. The minimum absolute atomic E-state index is 0.0390. The molecule has 0 bridgehead atoms. The zero-order valence-electron chi connectivity index (χ0n) is 10.3. The van der Waals surface area contributed by atoms with Crippen molar-refractivity contribution in [1.82, 2.24) is 0 Å². The number of rotatable bonds is 4. The highest BCUT2D eigenvalue weighted by Gasteiger charge is 2.13. The highest BCUT2D eigenvalue weighted by molar-refractivity contribution is 5.84. The zero-order chi connectivity index (χ0) is 13.1. The van der Waals surface area contributed by atoms with E-state index in [0.717, 1.165) is 11.3 Å². The quantitative estimate of drug-likeness (QED) is 0.865. The summed E-state index contributed by atoms with van der Waals surface area (Å²) in [5.74, 6) is -0.485. The number of benzene rings is 1. The van der Waals surface area contributed by atoms with Gasteiger partial charge in [0.05, 0.1) is 6.04 Å². The molecular weight excluding hydrogens is 230 g/mol. The smallest absolute Gasteiger partial charge is 0.371 e. The molecule has 2 aromatic rings. The first kappa shape index (κ1) is 12.2. The summed E-state index contributed by atoms with van der Waals surface area (Å²) in [5, 5.41) is 12.1. The second-order valence-corrected chi connectivity index (χ2v) is 4.24. The number of carbonyl (C=O) groups is 1. The van der Waals surface area contributed by atoms with Crippen molar-refractivity contribution in [2.75, 3.05) is 5.32 Å². The molecule has 0 aliphatic carbocycles. The number of hydrogen-bond acceptors (Lipinski definition) is 3. The van der Waals surface area contributed by atoms with Gasteiger partial charge in [0.2, 0.25) is 5.76 Å². The Kier molecular flexibility index (Phi) is 3.37. The van der Waals surface area contributed by atoms with Crippen LogP contribution in [0.5, 0.6) is 0 Å². The van der Waals surface area contributed by atoms with Crippen molar-refractivity contribution < 1.29 is 14.3 Å². The zero-order valence-corrected chi connectivity index (χ0v) is 10.3. The molecule has 4 heteroatoms. The topological polar surface area (TPSA) is 62.5 Å². The lowest BCUT2D eigenvalue weighted by molar-refractivity contribution is 0.0660. The van der Waals surface area contributed by atoms with Crippen LogP contribution in [0.25, 0.3) is 0 Å². The lowest BCUT2D eigenvalue weighted by Crippen LogP contribution is -2.05. The van der Waals surface area contributed by atoms with Crippen molar-refractivity contribution in [3.8, 4) is 0 Å². The van der Waals surface area contributed by atoms with Gasteiger partial charge in [0, 0.05) is 5.69 Å². The van der Waals surface area contributed by atoms with Crippen molar-refractivity contribution >= 4 is 11.7 Å². The Morgan fingerprint density at radius 2 is 2.11 bits per heavy atom. The van der Waals surface area contributed by atoms with Crippen LogP contribution >= 0.6 is 0 Å². The van der Waals surface area contributed by atoms with Gasteiger partial charge >= 0.3 is 5.97 Å². The lowest BCUT2D eigenvalue weighted by Gasteiger charge is -2.13. The molecule has 2 N–H and O–H groups in total. The van der Waals surface area contributed by atoms with Crippen LogP contribution in [0.4, 0.5) is 5.69 Å². The number of furan rings is 1. The van der Waals surface area contributed by atoms with Crippen molar-refractivity contribution in [2.45, 2.75) is 19.9 Å². The van der Waals surface area contributed by atoms with Gasteiger partial charge in [0.15, 0.2) is 0 Å². The maximum Gasteiger partial charge on any atom is 0.371 e. The molecule has 0 aliphatic heterocycles. The number of carboxylic acid groups (broad SMARTS) is 1. The van der Waals surface area contributed by atoms with Crippen LogP contribution in [-0.4, -0.2) is 11.1 Å². The van der Waals surface area contributed by atoms with Gasteiger partial charge < -0.3 is 14.8 Å². The van der Waals surface area contributed by atoms with Gasteiger partial charge in [-0.25, -0.2) is 4.79 Å². The number of carboxylic acids is 1. The average molecular weight is 245 g/mol. The van der Waals surface area contributed by atoms with Crippen molar-refractivity contribution in [1.29, 1.82) is 0 Å². The fraction of sp³-hybridized carbons (Fsp3) is 0.214. The number of nitrogens with one attached hydrogen (secondary N) is 1. The van der Waals surface area contributed by atoms with Gasteiger partial charge in [0.1, 0.15) is 5.76 Å². The average Bonchev–Trinajstić information content (AvgIpc) is 2.78. The lowest BCUT2D eigenvalue weighted by atomic mass is 10.2. The summed E-state index contributed by atoms with van der Waals surface area (Å²) in [4.78, 5) is 10.7. The number of hydrogen-bond donors (Lipinski definition) is 2. The Bertz CT molecular complexity index is 560. The summed E-state index contributed by atoms with van der Waals surface area (Å²) >= 11 is 0. The predicted octanol–water partition coefficient (Wildman–Crippen LogP) is 3.46. The SMILES string of the molecule is Cc1cccc(NC(C)c2ccc(C(=O)O)o2)c1. The molecular formula is C14H15NO3. The summed E-state index contributed by atoms with van der Waals surface area (Å²) in [7, 11) is 0. The molecule has 1 atom stereocenters. The van der Waals surface area contributed by atoms with Crippen LogP contribution in [0.1, 0.15) is 34.8 Å².